The van der Waals surface area contributed by atoms with Crippen LogP contribution in [0.3, 0.4) is 0 Å². The molecule has 1 aliphatic heterocycles. The van der Waals surface area contributed by atoms with Gasteiger partial charge in [-0.3, -0.25) is 14.3 Å². The zero-order valence-corrected chi connectivity index (χ0v) is 15.2. The van der Waals surface area contributed by atoms with Crippen molar-refractivity contribution >= 4 is 17.9 Å². The van der Waals surface area contributed by atoms with Crippen LogP contribution in [0.2, 0.25) is 0 Å². The van der Waals surface area contributed by atoms with E-state index >= 15 is 0 Å². The average Bonchev–Trinajstić information content (AvgIpc) is 3.10. The van der Waals surface area contributed by atoms with Crippen molar-refractivity contribution in [1.82, 2.24) is 19.6 Å². The smallest absolute Gasteiger partial charge is 0.336 e. The minimum Gasteiger partial charge on any atom is -0.336 e. The van der Waals surface area contributed by atoms with Crippen LogP contribution in [0, 0.1) is 0 Å². The van der Waals surface area contributed by atoms with Gasteiger partial charge in [0.15, 0.2) is 0 Å². The van der Waals surface area contributed by atoms with Gasteiger partial charge >= 0.3 is 6.18 Å². The van der Waals surface area contributed by atoms with Gasteiger partial charge in [0.05, 0.1) is 11.8 Å². The number of hydrogen-bond donors (Lipinski definition) is 0. The first kappa shape index (κ1) is 19.7. The molecule has 148 valence electrons. The maximum absolute atomic E-state index is 12.8. The molecule has 9 heteroatoms. The molecule has 0 bridgehead atoms. The highest BCUT2D eigenvalue weighted by Crippen LogP contribution is 2.29. The van der Waals surface area contributed by atoms with E-state index in [0.717, 1.165) is 17.7 Å². The molecule has 1 aromatic carbocycles. The highest BCUT2D eigenvalue weighted by atomic mass is 19.4. The molecular formula is C19H19F3N4O2. The number of aromatic nitrogens is 2. The molecule has 1 aliphatic rings. The Kier molecular flexibility index (Phi) is 5.53. The van der Waals surface area contributed by atoms with Crippen molar-refractivity contribution in [3.8, 4) is 0 Å². The van der Waals surface area contributed by atoms with Gasteiger partial charge in [-0.05, 0) is 24.3 Å². The van der Waals surface area contributed by atoms with Crippen LogP contribution >= 0.6 is 0 Å². The van der Waals surface area contributed by atoms with Gasteiger partial charge in [-0.25, -0.2) is 0 Å². The van der Waals surface area contributed by atoms with Crippen molar-refractivity contribution in [2.75, 3.05) is 26.2 Å². The molecule has 2 aromatic rings. The van der Waals surface area contributed by atoms with E-state index in [-0.39, 0.29) is 24.6 Å². The number of rotatable bonds is 3. The van der Waals surface area contributed by atoms with Crippen molar-refractivity contribution < 1.29 is 22.8 Å². The number of aryl methyl sites for hydroxylation is 1. The van der Waals surface area contributed by atoms with Crippen molar-refractivity contribution in [2.24, 2.45) is 7.05 Å². The van der Waals surface area contributed by atoms with Gasteiger partial charge in [-0.2, -0.15) is 18.3 Å². The minimum absolute atomic E-state index is 0.00826. The van der Waals surface area contributed by atoms with Crippen molar-refractivity contribution in [3.63, 3.8) is 0 Å². The van der Waals surface area contributed by atoms with Crippen LogP contribution in [0.25, 0.3) is 6.08 Å². The number of alkyl halides is 3. The Hall–Kier alpha value is -3.10. The largest absolute Gasteiger partial charge is 0.416 e. The average molecular weight is 392 g/mol. The molecule has 0 radical (unpaired) electrons. The van der Waals surface area contributed by atoms with E-state index in [1.165, 1.54) is 23.1 Å². The minimum atomic E-state index is -4.50. The van der Waals surface area contributed by atoms with Gasteiger partial charge in [-0.1, -0.05) is 6.07 Å². The molecule has 0 N–H and O–H groups in total. The molecule has 2 amide bonds. The zero-order chi connectivity index (χ0) is 20.3. The quantitative estimate of drug-likeness (QED) is 0.754. The second-order valence-corrected chi connectivity index (χ2v) is 6.48. The highest BCUT2D eigenvalue weighted by molar-refractivity contribution is 5.95. The Morgan fingerprint density at radius 3 is 2.39 bits per heavy atom. The maximum Gasteiger partial charge on any atom is 0.416 e. The molecule has 2 heterocycles. The summed E-state index contributed by atoms with van der Waals surface area (Å²) in [6.45, 7) is 1.17. The summed E-state index contributed by atoms with van der Waals surface area (Å²) in [5.41, 5.74) is -0.0620. The second-order valence-electron chi connectivity index (χ2n) is 6.48. The fourth-order valence-corrected chi connectivity index (χ4v) is 2.94. The molecular weight excluding hydrogens is 373 g/mol. The molecule has 1 aromatic heterocycles. The summed E-state index contributed by atoms with van der Waals surface area (Å²) in [6.07, 6.45) is 2.02. The third-order valence-corrected chi connectivity index (χ3v) is 4.46. The lowest BCUT2D eigenvalue weighted by Crippen LogP contribution is -2.50. The monoisotopic (exact) mass is 392 g/mol. The van der Waals surface area contributed by atoms with Crippen molar-refractivity contribution in [3.05, 3.63) is 59.4 Å². The Morgan fingerprint density at radius 2 is 1.79 bits per heavy atom. The van der Waals surface area contributed by atoms with E-state index in [9.17, 15) is 22.8 Å². The number of benzene rings is 1. The molecule has 1 saturated heterocycles. The van der Waals surface area contributed by atoms with E-state index in [1.807, 2.05) is 0 Å². The number of hydrogen-bond acceptors (Lipinski definition) is 3. The fourth-order valence-electron chi connectivity index (χ4n) is 2.94. The summed E-state index contributed by atoms with van der Waals surface area (Å²) >= 11 is 0. The van der Waals surface area contributed by atoms with Crippen LogP contribution in [0.4, 0.5) is 13.2 Å². The van der Waals surface area contributed by atoms with Crippen molar-refractivity contribution in [2.45, 2.75) is 6.18 Å². The number of nitrogens with zero attached hydrogens (tertiary/aromatic N) is 4. The van der Waals surface area contributed by atoms with Crippen LogP contribution in [0.1, 0.15) is 21.5 Å². The Morgan fingerprint density at radius 1 is 1.11 bits per heavy atom. The summed E-state index contributed by atoms with van der Waals surface area (Å²) in [5, 5.41) is 4.01. The first-order valence-corrected chi connectivity index (χ1v) is 8.66. The third kappa shape index (κ3) is 4.59. The predicted octanol–water partition coefficient (Wildman–Crippen LogP) is 2.44. The SMILES string of the molecule is Cn1cc(/C=C/C(=O)N2CCN(C(=O)c3cccc(C(F)(F)F)c3)CC2)cn1. The van der Waals surface area contributed by atoms with Crippen LogP contribution in [0.5, 0.6) is 0 Å². The summed E-state index contributed by atoms with van der Waals surface area (Å²) in [4.78, 5) is 27.8. The number of piperazine rings is 1. The molecule has 6 nitrogen and oxygen atoms in total. The van der Waals surface area contributed by atoms with E-state index in [4.69, 9.17) is 0 Å². The zero-order valence-electron chi connectivity index (χ0n) is 15.2. The van der Waals surface area contributed by atoms with Gasteiger partial charge in [-0.15, -0.1) is 0 Å². The number of amides is 2. The summed E-state index contributed by atoms with van der Waals surface area (Å²) in [5.74, 6) is -0.654. The normalized spacial score (nSPS) is 15.3. The second kappa shape index (κ2) is 7.87. The lowest BCUT2D eigenvalue weighted by atomic mass is 10.1. The molecule has 0 aliphatic carbocycles. The Labute approximate surface area is 159 Å². The summed E-state index contributed by atoms with van der Waals surface area (Å²) in [6, 6.07) is 4.38. The van der Waals surface area contributed by atoms with Gasteiger partial charge in [0.2, 0.25) is 5.91 Å². The van der Waals surface area contributed by atoms with Gasteiger partial charge in [0.1, 0.15) is 0 Å². The van der Waals surface area contributed by atoms with Crippen molar-refractivity contribution in [1.29, 1.82) is 0 Å². The first-order valence-electron chi connectivity index (χ1n) is 8.66. The van der Waals surface area contributed by atoms with Gasteiger partial charge < -0.3 is 9.80 Å². The molecule has 28 heavy (non-hydrogen) atoms. The molecule has 1 fully saturated rings. The topological polar surface area (TPSA) is 58.4 Å². The lowest BCUT2D eigenvalue weighted by Gasteiger charge is -2.34. The van der Waals surface area contributed by atoms with Crippen LogP contribution in [0.15, 0.2) is 42.7 Å². The molecule has 0 unspecified atom stereocenters. The summed E-state index contributed by atoms with van der Waals surface area (Å²) in [7, 11) is 1.78. The lowest BCUT2D eigenvalue weighted by molar-refractivity contribution is -0.137. The van der Waals surface area contributed by atoms with Crippen LogP contribution < -0.4 is 0 Å². The van der Waals surface area contributed by atoms with E-state index in [1.54, 1.807) is 35.1 Å². The molecule has 3 rings (SSSR count). The highest BCUT2D eigenvalue weighted by Gasteiger charge is 2.31. The molecule has 0 saturated carbocycles. The standard InChI is InChI=1S/C19H19F3N4O2/c1-24-13-14(12-23-24)5-6-17(27)25-7-9-26(10-8-25)18(28)15-3-2-4-16(11-15)19(20,21)22/h2-6,11-13H,7-10H2,1H3/b6-5+. The van der Waals surface area contributed by atoms with E-state index < -0.39 is 17.6 Å². The van der Waals surface area contributed by atoms with Gasteiger partial charge in [0, 0.05) is 56.6 Å². The molecule has 0 atom stereocenters. The first-order chi connectivity index (χ1) is 13.2. The summed E-state index contributed by atoms with van der Waals surface area (Å²) < 4.78 is 40.1. The van der Waals surface area contributed by atoms with Gasteiger partial charge in [0.25, 0.3) is 5.91 Å². The van der Waals surface area contributed by atoms with E-state index in [0.29, 0.717) is 13.1 Å². The Balaban J connectivity index is 1.58. The van der Waals surface area contributed by atoms with E-state index in [2.05, 4.69) is 5.10 Å². The predicted molar refractivity (Wildman–Crippen MR) is 96.2 cm³/mol. The van der Waals surface area contributed by atoms with Crippen LogP contribution in [-0.4, -0.2) is 57.6 Å². The third-order valence-electron chi connectivity index (χ3n) is 4.46. The fraction of sp³-hybridized carbons (Fsp3) is 0.316. The maximum atomic E-state index is 12.8. The number of carbonyl (C=O) groups excluding carboxylic acids is 2. The number of halogens is 3. The Bertz CT molecular complexity index is 897. The van der Waals surface area contributed by atoms with Crippen LogP contribution in [-0.2, 0) is 18.0 Å². The molecule has 0 spiro atoms. The number of carbonyl (C=O) groups is 2.